The van der Waals surface area contributed by atoms with E-state index in [0.717, 1.165) is 25.7 Å². The SMILES string of the molecule is C=C1C/C=C/C(C)(C)C(O)/C=C(\C)CCC1. The molecular formula is C15H24O. The van der Waals surface area contributed by atoms with Gasteiger partial charge in [-0.2, -0.15) is 0 Å². The highest BCUT2D eigenvalue weighted by molar-refractivity contribution is 5.14. The summed E-state index contributed by atoms with van der Waals surface area (Å²) >= 11 is 0. The molecule has 1 rings (SSSR count). The second-order valence-corrected chi connectivity index (χ2v) is 5.49. The van der Waals surface area contributed by atoms with E-state index in [1.54, 1.807) is 0 Å². The van der Waals surface area contributed by atoms with Gasteiger partial charge in [0.05, 0.1) is 6.10 Å². The molecule has 16 heavy (non-hydrogen) atoms. The molecule has 0 aromatic rings. The van der Waals surface area contributed by atoms with Crippen molar-refractivity contribution in [3.63, 3.8) is 0 Å². The highest BCUT2D eigenvalue weighted by Gasteiger charge is 2.23. The normalized spacial score (nSPS) is 32.4. The van der Waals surface area contributed by atoms with Gasteiger partial charge in [0.15, 0.2) is 0 Å². The Bertz CT molecular complexity index is 307. The Morgan fingerprint density at radius 2 is 2.06 bits per heavy atom. The van der Waals surface area contributed by atoms with Crippen LogP contribution in [-0.4, -0.2) is 11.2 Å². The molecule has 0 spiro atoms. The molecule has 0 radical (unpaired) electrons. The van der Waals surface area contributed by atoms with Gasteiger partial charge in [0, 0.05) is 5.41 Å². The predicted octanol–water partition coefficient (Wildman–Crippen LogP) is 4.01. The molecular weight excluding hydrogens is 196 g/mol. The maximum atomic E-state index is 10.1. The molecule has 1 unspecified atom stereocenters. The van der Waals surface area contributed by atoms with Crippen molar-refractivity contribution in [2.45, 2.75) is 52.6 Å². The fourth-order valence-corrected chi connectivity index (χ4v) is 1.91. The monoisotopic (exact) mass is 220 g/mol. The summed E-state index contributed by atoms with van der Waals surface area (Å²) in [4.78, 5) is 0. The van der Waals surface area contributed by atoms with Crippen LogP contribution >= 0.6 is 0 Å². The van der Waals surface area contributed by atoms with Crippen molar-refractivity contribution in [3.05, 3.63) is 36.0 Å². The fourth-order valence-electron chi connectivity index (χ4n) is 1.91. The van der Waals surface area contributed by atoms with Crippen LogP contribution in [0.2, 0.25) is 0 Å². The summed E-state index contributed by atoms with van der Waals surface area (Å²) in [5, 5.41) is 10.1. The zero-order chi connectivity index (χ0) is 12.2. The molecule has 0 aromatic carbocycles. The van der Waals surface area contributed by atoms with Gasteiger partial charge >= 0.3 is 0 Å². The number of aliphatic hydroxyl groups is 1. The smallest absolute Gasteiger partial charge is 0.0808 e. The summed E-state index contributed by atoms with van der Waals surface area (Å²) in [6.07, 6.45) is 10.1. The van der Waals surface area contributed by atoms with Gasteiger partial charge in [0.25, 0.3) is 0 Å². The summed E-state index contributed by atoms with van der Waals surface area (Å²) < 4.78 is 0. The van der Waals surface area contributed by atoms with Crippen LogP contribution in [0.25, 0.3) is 0 Å². The first-order valence-electron chi connectivity index (χ1n) is 6.11. The first kappa shape index (κ1) is 13.2. The second-order valence-electron chi connectivity index (χ2n) is 5.49. The third-order valence-corrected chi connectivity index (χ3v) is 3.26. The lowest BCUT2D eigenvalue weighted by molar-refractivity contribution is 0.125. The number of hydrogen-bond acceptors (Lipinski definition) is 1. The first-order chi connectivity index (χ1) is 7.42. The minimum Gasteiger partial charge on any atom is -0.388 e. The number of hydrogen-bond donors (Lipinski definition) is 1. The zero-order valence-corrected chi connectivity index (χ0v) is 10.8. The standard InChI is InChI=1S/C15H24O/c1-12-7-5-8-13(2)11-14(16)15(3,4)10-6-9-12/h6,10-11,14,16H,1,5,7-9H2,2-4H3/b10-6+,13-11+. The molecule has 0 aromatic heterocycles. The fraction of sp³-hybridized carbons (Fsp3) is 0.600. The number of allylic oxidation sites excluding steroid dienone is 3. The molecule has 90 valence electrons. The largest absolute Gasteiger partial charge is 0.388 e. The summed E-state index contributed by atoms with van der Waals surface area (Å²) in [7, 11) is 0. The van der Waals surface area contributed by atoms with Crippen LogP contribution < -0.4 is 0 Å². The van der Waals surface area contributed by atoms with Gasteiger partial charge in [-0.3, -0.25) is 0 Å². The van der Waals surface area contributed by atoms with Crippen molar-refractivity contribution in [2.24, 2.45) is 5.41 Å². The molecule has 1 aliphatic rings. The number of rotatable bonds is 0. The van der Waals surface area contributed by atoms with E-state index in [9.17, 15) is 5.11 Å². The predicted molar refractivity (Wildman–Crippen MR) is 70.3 cm³/mol. The van der Waals surface area contributed by atoms with Crippen molar-refractivity contribution < 1.29 is 5.11 Å². The van der Waals surface area contributed by atoms with Crippen molar-refractivity contribution in [1.82, 2.24) is 0 Å². The van der Waals surface area contributed by atoms with Gasteiger partial charge in [-0.25, -0.2) is 0 Å². The molecule has 0 bridgehead atoms. The Morgan fingerprint density at radius 3 is 2.75 bits per heavy atom. The maximum absolute atomic E-state index is 10.1. The molecule has 1 N–H and O–H groups in total. The van der Waals surface area contributed by atoms with Gasteiger partial charge in [0.1, 0.15) is 0 Å². The lowest BCUT2D eigenvalue weighted by atomic mass is 9.85. The Kier molecular flexibility index (Phi) is 4.55. The average molecular weight is 220 g/mol. The van der Waals surface area contributed by atoms with Gasteiger partial charge in [-0.1, -0.05) is 49.8 Å². The van der Waals surface area contributed by atoms with E-state index >= 15 is 0 Å². The summed E-state index contributed by atoms with van der Waals surface area (Å²) in [6, 6.07) is 0. The minimum atomic E-state index is -0.393. The van der Waals surface area contributed by atoms with E-state index in [2.05, 4.69) is 39.5 Å². The van der Waals surface area contributed by atoms with Crippen LogP contribution in [-0.2, 0) is 0 Å². The third-order valence-electron chi connectivity index (χ3n) is 3.26. The molecule has 0 saturated heterocycles. The van der Waals surface area contributed by atoms with Crippen LogP contribution in [0.1, 0.15) is 46.5 Å². The molecule has 1 atom stereocenters. The van der Waals surface area contributed by atoms with Crippen molar-refractivity contribution in [2.75, 3.05) is 0 Å². The Balaban J connectivity index is 2.87. The zero-order valence-electron chi connectivity index (χ0n) is 10.8. The molecule has 0 amide bonds. The molecule has 0 heterocycles. The lowest BCUT2D eigenvalue weighted by Crippen LogP contribution is -2.25. The molecule has 1 aliphatic carbocycles. The second kappa shape index (κ2) is 5.49. The first-order valence-corrected chi connectivity index (χ1v) is 6.11. The van der Waals surface area contributed by atoms with Gasteiger partial charge in [0.2, 0.25) is 0 Å². The average Bonchev–Trinajstić information content (AvgIpc) is 2.17. The van der Waals surface area contributed by atoms with E-state index in [1.165, 1.54) is 11.1 Å². The summed E-state index contributed by atoms with van der Waals surface area (Å²) in [5.74, 6) is 0. The van der Waals surface area contributed by atoms with Crippen molar-refractivity contribution in [1.29, 1.82) is 0 Å². The van der Waals surface area contributed by atoms with Crippen LogP contribution in [0.4, 0.5) is 0 Å². The van der Waals surface area contributed by atoms with Crippen LogP contribution in [0, 0.1) is 5.41 Å². The van der Waals surface area contributed by atoms with Gasteiger partial charge < -0.3 is 5.11 Å². The van der Waals surface area contributed by atoms with Gasteiger partial charge in [-0.15, -0.1) is 0 Å². The third kappa shape index (κ3) is 3.97. The van der Waals surface area contributed by atoms with Crippen molar-refractivity contribution >= 4 is 0 Å². The Labute approximate surface area is 99.6 Å². The lowest BCUT2D eigenvalue weighted by Gasteiger charge is -2.25. The maximum Gasteiger partial charge on any atom is 0.0808 e. The molecule has 1 heteroatoms. The quantitative estimate of drug-likeness (QED) is 0.612. The topological polar surface area (TPSA) is 20.2 Å². The minimum absolute atomic E-state index is 0.189. The molecule has 0 aliphatic heterocycles. The summed E-state index contributed by atoms with van der Waals surface area (Å²) in [5.41, 5.74) is 2.38. The molecule has 0 fully saturated rings. The number of aliphatic hydroxyl groups excluding tert-OH is 1. The van der Waals surface area contributed by atoms with E-state index in [4.69, 9.17) is 0 Å². The summed E-state index contributed by atoms with van der Waals surface area (Å²) in [6.45, 7) is 10.3. The molecule has 0 saturated carbocycles. The van der Waals surface area contributed by atoms with E-state index in [1.807, 2.05) is 6.08 Å². The van der Waals surface area contributed by atoms with Crippen LogP contribution in [0.5, 0.6) is 0 Å². The van der Waals surface area contributed by atoms with E-state index in [0.29, 0.717) is 0 Å². The Hall–Kier alpha value is -0.820. The molecule has 1 nitrogen and oxygen atoms in total. The van der Waals surface area contributed by atoms with E-state index < -0.39 is 6.10 Å². The van der Waals surface area contributed by atoms with Gasteiger partial charge in [-0.05, 0) is 32.6 Å². The van der Waals surface area contributed by atoms with E-state index in [-0.39, 0.29) is 5.41 Å². The van der Waals surface area contributed by atoms with Crippen LogP contribution in [0.3, 0.4) is 0 Å². The Morgan fingerprint density at radius 1 is 1.38 bits per heavy atom. The van der Waals surface area contributed by atoms with Crippen molar-refractivity contribution in [3.8, 4) is 0 Å². The highest BCUT2D eigenvalue weighted by atomic mass is 16.3. The highest BCUT2D eigenvalue weighted by Crippen LogP contribution is 2.27. The van der Waals surface area contributed by atoms with Crippen LogP contribution in [0.15, 0.2) is 36.0 Å².